The van der Waals surface area contributed by atoms with Crippen LogP contribution >= 0.6 is 0 Å². The fourth-order valence-electron chi connectivity index (χ4n) is 1.11. The van der Waals surface area contributed by atoms with Crippen LogP contribution in [0.1, 0.15) is 11.5 Å². The first kappa shape index (κ1) is 11.9. The zero-order chi connectivity index (χ0) is 11.3. The fraction of sp³-hybridized carbons (Fsp3) is 0.300. The van der Waals surface area contributed by atoms with E-state index in [0.717, 1.165) is 11.8 Å². The van der Waals surface area contributed by atoms with Gasteiger partial charge in [-0.2, -0.15) is 8.42 Å². The third-order valence-corrected chi connectivity index (χ3v) is 2.42. The molecule has 0 amide bonds. The lowest BCUT2D eigenvalue weighted by Crippen LogP contribution is -2.13. The van der Waals surface area contributed by atoms with Crippen molar-refractivity contribution in [3.63, 3.8) is 0 Å². The molecule has 1 unspecified atom stereocenters. The van der Waals surface area contributed by atoms with Gasteiger partial charge in [0.1, 0.15) is 6.29 Å². The Hall–Kier alpha value is -1.20. The molecule has 1 aromatic carbocycles. The topological polar surface area (TPSA) is 60.4 Å². The molecule has 0 fully saturated rings. The van der Waals surface area contributed by atoms with Gasteiger partial charge >= 0.3 is 0 Å². The maximum atomic E-state index is 10.7. The zero-order valence-corrected chi connectivity index (χ0v) is 9.11. The van der Waals surface area contributed by atoms with Crippen LogP contribution in [0.25, 0.3) is 0 Å². The number of hydrogen-bond acceptors (Lipinski definition) is 4. The van der Waals surface area contributed by atoms with Crippen LogP contribution in [0.4, 0.5) is 0 Å². The Morgan fingerprint density at radius 1 is 1.33 bits per heavy atom. The second kappa shape index (κ2) is 5.04. The Morgan fingerprint density at radius 2 is 1.93 bits per heavy atom. The highest BCUT2D eigenvalue weighted by atomic mass is 32.2. The van der Waals surface area contributed by atoms with Gasteiger partial charge in [0.15, 0.2) is 0 Å². The summed E-state index contributed by atoms with van der Waals surface area (Å²) in [5.41, 5.74) is 0.746. The summed E-state index contributed by atoms with van der Waals surface area (Å²) in [6, 6.07) is 8.90. The zero-order valence-electron chi connectivity index (χ0n) is 8.29. The van der Waals surface area contributed by atoms with Crippen LogP contribution in [0.15, 0.2) is 30.3 Å². The molecule has 4 nitrogen and oxygen atoms in total. The highest BCUT2D eigenvalue weighted by molar-refractivity contribution is 7.85. The largest absolute Gasteiger partial charge is 0.303 e. The molecule has 0 aliphatic heterocycles. The molecule has 1 rings (SSSR count). The third-order valence-electron chi connectivity index (χ3n) is 1.85. The third kappa shape index (κ3) is 4.22. The average Bonchev–Trinajstić information content (AvgIpc) is 2.19. The van der Waals surface area contributed by atoms with Crippen molar-refractivity contribution >= 4 is 16.4 Å². The van der Waals surface area contributed by atoms with E-state index in [2.05, 4.69) is 4.18 Å². The number of aldehydes is 1. The minimum atomic E-state index is -3.50. The molecule has 0 saturated heterocycles. The summed E-state index contributed by atoms with van der Waals surface area (Å²) < 4.78 is 26.1. The predicted octanol–water partition coefficient (Wildman–Crippen LogP) is 0.945. The van der Waals surface area contributed by atoms with Gasteiger partial charge < -0.3 is 4.79 Å². The first-order chi connectivity index (χ1) is 7.03. The van der Waals surface area contributed by atoms with Crippen molar-refractivity contribution in [1.82, 2.24) is 0 Å². The van der Waals surface area contributed by atoms with E-state index in [0.29, 0.717) is 6.29 Å². The molecule has 0 saturated carbocycles. The standard InChI is InChI=1S/C10H12O4S/c1-15(12,13)14-8-10(7-11)9-5-3-2-4-6-9/h2-7,10H,8H2,1H3. The fourth-order valence-corrected chi connectivity index (χ4v) is 1.51. The second-order valence-electron chi connectivity index (χ2n) is 3.14. The lowest BCUT2D eigenvalue weighted by atomic mass is 10.0. The van der Waals surface area contributed by atoms with Gasteiger partial charge in [0.25, 0.3) is 10.1 Å². The number of carbonyl (C=O) groups is 1. The van der Waals surface area contributed by atoms with Crippen LogP contribution in [0.2, 0.25) is 0 Å². The Morgan fingerprint density at radius 3 is 2.40 bits per heavy atom. The van der Waals surface area contributed by atoms with E-state index in [1.54, 1.807) is 24.3 Å². The monoisotopic (exact) mass is 228 g/mol. The molecule has 1 atom stereocenters. The van der Waals surface area contributed by atoms with Gasteiger partial charge in [-0.1, -0.05) is 30.3 Å². The molecule has 0 bridgehead atoms. The maximum Gasteiger partial charge on any atom is 0.264 e. The lowest BCUT2D eigenvalue weighted by molar-refractivity contribution is -0.109. The number of carbonyl (C=O) groups excluding carboxylic acids is 1. The summed E-state index contributed by atoms with van der Waals surface area (Å²) in [4.78, 5) is 10.7. The van der Waals surface area contributed by atoms with Crippen molar-refractivity contribution in [3.05, 3.63) is 35.9 Å². The number of hydrogen-bond donors (Lipinski definition) is 0. The summed E-state index contributed by atoms with van der Waals surface area (Å²) in [6.07, 6.45) is 1.64. The quantitative estimate of drug-likeness (QED) is 0.556. The van der Waals surface area contributed by atoms with E-state index in [1.807, 2.05) is 6.07 Å². The molecule has 0 aliphatic rings. The van der Waals surface area contributed by atoms with Crippen LogP contribution in [0.3, 0.4) is 0 Å². The average molecular weight is 228 g/mol. The van der Waals surface area contributed by atoms with Crippen molar-refractivity contribution in [2.75, 3.05) is 12.9 Å². The summed E-state index contributed by atoms with van der Waals surface area (Å²) in [7, 11) is -3.50. The Bertz CT molecular complexity index is 410. The van der Waals surface area contributed by atoms with Gasteiger partial charge in [-0.05, 0) is 5.56 Å². The molecule has 0 N–H and O–H groups in total. The smallest absolute Gasteiger partial charge is 0.264 e. The molecule has 82 valence electrons. The summed E-state index contributed by atoms with van der Waals surface area (Å²) >= 11 is 0. The van der Waals surface area contributed by atoms with Crippen LogP contribution in [-0.2, 0) is 19.1 Å². The molecule has 5 heteroatoms. The van der Waals surface area contributed by atoms with E-state index in [-0.39, 0.29) is 6.61 Å². The van der Waals surface area contributed by atoms with Crippen molar-refractivity contribution in [2.24, 2.45) is 0 Å². The Labute approximate surface area is 89.0 Å². The van der Waals surface area contributed by atoms with Crippen molar-refractivity contribution in [2.45, 2.75) is 5.92 Å². The van der Waals surface area contributed by atoms with Gasteiger partial charge in [-0.15, -0.1) is 0 Å². The molecule has 15 heavy (non-hydrogen) atoms. The van der Waals surface area contributed by atoms with E-state index >= 15 is 0 Å². The molecule has 0 heterocycles. The summed E-state index contributed by atoms with van der Waals surface area (Å²) in [6.45, 7) is -0.146. The van der Waals surface area contributed by atoms with E-state index in [1.165, 1.54) is 0 Å². The van der Waals surface area contributed by atoms with Gasteiger partial charge in [0.05, 0.1) is 18.8 Å². The second-order valence-corrected chi connectivity index (χ2v) is 4.79. The van der Waals surface area contributed by atoms with Gasteiger partial charge in [0, 0.05) is 0 Å². The van der Waals surface area contributed by atoms with Crippen LogP contribution in [0, 0.1) is 0 Å². The lowest BCUT2D eigenvalue weighted by Gasteiger charge is -2.09. The SMILES string of the molecule is CS(=O)(=O)OCC(C=O)c1ccccc1. The number of rotatable bonds is 5. The molecular formula is C10H12O4S. The van der Waals surface area contributed by atoms with E-state index in [9.17, 15) is 13.2 Å². The molecule has 1 aromatic rings. The van der Waals surface area contributed by atoms with Crippen molar-refractivity contribution < 1.29 is 17.4 Å². The van der Waals surface area contributed by atoms with Crippen LogP contribution in [0.5, 0.6) is 0 Å². The summed E-state index contributed by atoms with van der Waals surface area (Å²) in [5.74, 6) is -0.541. The van der Waals surface area contributed by atoms with E-state index < -0.39 is 16.0 Å². The molecule has 0 aromatic heterocycles. The van der Waals surface area contributed by atoms with Gasteiger partial charge in [-0.25, -0.2) is 0 Å². The normalized spacial score (nSPS) is 13.4. The van der Waals surface area contributed by atoms with Gasteiger partial charge in [-0.3, -0.25) is 4.18 Å². The van der Waals surface area contributed by atoms with E-state index in [4.69, 9.17) is 0 Å². The minimum absolute atomic E-state index is 0.146. The highest BCUT2D eigenvalue weighted by Gasteiger charge is 2.13. The molecule has 0 aliphatic carbocycles. The maximum absolute atomic E-state index is 10.7. The molecular weight excluding hydrogens is 216 g/mol. The highest BCUT2D eigenvalue weighted by Crippen LogP contribution is 2.13. The molecule has 0 spiro atoms. The summed E-state index contributed by atoms with van der Waals surface area (Å²) in [5, 5.41) is 0. The molecule has 0 radical (unpaired) electrons. The first-order valence-corrected chi connectivity index (χ1v) is 6.19. The van der Waals surface area contributed by atoms with Crippen LogP contribution in [-0.4, -0.2) is 27.6 Å². The van der Waals surface area contributed by atoms with Crippen molar-refractivity contribution in [1.29, 1.82) is 0 Å². The minimum Gasteiger partial charge on any atom is -0.303 e. The number of benzene rings is 1. The van der Waals surface area contributed by atoms with Crippen molar-refractivity contribution in [3.8, 4) is 0 Å². The Balaban J connectivity index is 2.70. The first-order valence-electron chi connectivity index (χ1n) is 4.37. The predicted molar refractivity (Wildman–Crippen MR) is 56.0 cm³/mol. The Kier molecular flexibility index (Phi) is 3.99. The van der Waals surface area contributed by atoms with Crippen LogP contribution < -0.4 is 0 Å². The van der Waals surface area contributed by atoms with Gasteiger partial charge in [0.2, 0.25) is 0 Å².